The number of nitrogens with zero attached hydrogens (tertiary/aromatic N) is 3. The zero-order valence-electron chi connectivity index (χ0n) is 9.67. The maximum atomic E-state index is 10.4. The average Bonchev–Trinajstić information content (AvgIpc) is 2.26. The number of hydrogen-bond donors (Lipinski definition) is 1. The van der Waals surface area contributed by atoms with E-state index in [-0.39, 0.29) is 11.7 Å². The fourth-order valence-electron chi connectivity index (χ4n) is 1.42. The van der Waals surface area contributed by atoms with Gasteiger partial charge in [0.05, 0.1) is 4.92 Å². The van der Waals surface area contributed by atoms with E-state index in [1.807, 2.05) is 7.05 Å². The van der Waals surface area contributed by atoms with E-state index >= 15 is 0 Å². The summed E-state index contributed by atoms with van der Waals surface area (Å²) in [7, 11) is 1.88. The number of nitrogens with one attached hydrogen (secondary N) is 1. The van der Waals surface area contributed by atoms with Crippen LogP contribution in [0.4, 0.5) is 5.69 Å². The van der Waals surface area contributed by atoms with Crippen LogP contribution in [0.15, 0.2) is 12.4 Å². The molecule has 1 aromatic heterocycles. The minimum Gasteiger partial charge on any atom is -0.316 e. The van der Waals surface area contributed by atoms with Crippen LogP contribution in [0.1, 0.15) is 19.7 Å². The first-order valence-electron chi connectivity index (χ1n) is 5.17. The van der Waals surface area contributed by atoms with E-state index < -0.39 is 4.92 Å². The van der Waals surface area contributed by atoms with Crippen molar-refractivity contribution in [2.24, 2.45) is 5.92 Å². The van der Waals surface area contributed by atoms with Crippen molar-refractivity contribution in [1.29, 1.82) is 0 Å². The van der Waals surface area contributed by atoms with Crippen molar-refractivity contribution in [3.8, 4) is 0 Å². The molecule has 0 bridgehead atoms. The van der Waals surface area contributed by atoms with E-state index in [2.05, 4.69) is 29.1 Å². The molecule has 1 N–H and O–H groups in total. The van der Waals surface area contributed by atoms with Crippen LogP contribution in [0.25, 0.3) is 0 Å². The molecule has 6 heteroatoms. The lowest BCUT2D eigenvalue weighted by Crippen LogP contribution is -2.33. The molecule has 0 radical (unpaired) electrons. The van der Waals surface area contributed by atoms with Gasteiger partial charge in [-0.25, -0.2) is 9.97 Å². The lowest BCUT2D eigenvalue weighted by Gasteiger charge is -2.18. The molecule has 16 heavy (non-hydrogen) atoms. The molecular formula is C10H16N4O2. The fourth-order valence-corrected chi connectivity index (χ4v) is 1.42. The quantitative estimate of drug-likeness (QED) is 0.599. The molecule has 0 aromatic carbocycles. The van der Waals surface area contributed by atoms with Gasteiger partial charge in [0.2, 0.25) is 0 Å². The van der Waals surface area contributed by atoms with Crippen LogP contribution in [-0.2, 0) is 6.42 Å². The van der Waals surface area contributed by atoms with Crippen LogP contribution >= 0.6 is 0 Å². The molecule has 0 aliphatic rings. The largest absolute Gasteiger partial charge is 0.316 e. The summed E-state index contributed by atoms with van der Waals surface area (Å²) < 4.78 is 0. The second kappa shape index (κ2) is 5.50. The Labute approximate surface area is 94.3 Å². The Hall–Kier alpha value is -1.56. The van der Waals surface area contributed by atoms with Gasteiger partial charge in [0, 0.05) is 12.5 Å². The summed E-state index contributed by atoms with van der Waals surface area (Å²) in [6.07, 6.45) is 3.16. The lowest BCUT2D eigenvalue weighted by molar-refractivity contribution is -0.385. The van der Waals surface area contributed by atoms with Crippen molar-refractivity contribution in [3.63, 3.8) is 0 Å². The topological polar surface area (TPSA) is 81.0 Å². The van der Waals surface area contributed by atoms with Crippen LogP contribution in [0.3, 0.4) is 0 Å². The molecule has 0 spiro atoms. The van der Waals surface area contributed by atoms with Gasteiger partial charge >= 0.3 is 5.69 Å². The Morgan fingerprint density at radius 3 is 2.38 bits per heavy atom. The van der Waals surface area contributed by atoms with E-state index in [0.29, 0.717) is 18.2 Å². The second-order valence-electron chi connectivity index (χ2n) is 3.96. The van der Waals surface area contributed by atoms with Gasteiger partial charge < -0.3 is 5.32 Å². The molecule has 1 aromatic rings. The Kier molecular flexibility index (Phi) is 4.30. The molecule has 0 saturated carbocycles. The van der Waals surface area contributed by atoms with Gasteiger partial charge in [0.1, 0.15) is 18.2 Å². The summed E-state index contributed by atoms with van der Waals surface area (Å²) in [5.41, 5.74) is -0.0747. The lowest BCUT2D eigenvalue weighted by atomic mass is 10.0. The number of rotatable bonds is 5. The highest BCUT2D eigenvalue weighted by atomic mass is 16.6. The van der Waals surface area contributed by atoms with Crippen molar-refractivity contribution in [2.45, 2.75) is 26.3 Å². The van der Waals surface area contributed by atoms with Gasteiger partial charge in [-0.3, -0.25) is 10.1 Å². The molecule has 0 aliphatic carbocycles. The maximum Gasteiger partial charge on any atom is 0.305 e. The highest BCUT2D eigenvalue weighted by molar-refractivity contribution is 5.20. The van der Waals surface area contributed by atoms with E-state index in [9.17, 15) is 10.1 Å². The molecule has 0 aliphatic heterocycles. The summed E-state index contributed by atoms with van der Waals surface area (Å²) in [6.45, 7) is 4.21. The van der Waals surface area contributed by atoms with Crippen molar-refractivity contribution < 1.29 is 4.92 Å². The van der Waals surface area contributed by atoms with Gasteiger partial charge in [0.15, 0.2) is 0 Å². The molecule has 1 rings (SSSR count). The van der Waals surface area contributed by atoms with Crippen molar-refractivity contribution in [1.82, 2.24) is 15.3 Å². The third-order valence-corrected chi connectivity index (χ3v) is 2.48. The Balaban J connectivity index is 2.71. The molecule has 1 unspecified atom stereocenters. The van der Waals surface area contributed by atoms with Crippen LogP contribution < -0.4 is 5.32 Å². The van der Waals surface area contributed by atoms with Crippen molar-refractivity contribution >= 4 is 5.69 Å². The van der Waals surface area contributed by atoms with E-state index in [1.54, 1.807) is 0 Å². The van der Waals surface area contributed by atoms with Gasteiger partial charge in [-0.2, -0.15) is 0 Å². The monoisotopic (exact) mass is 224 g/mol. The van der Waals surface area contributed by atoms with E-state index in [0.717, 1.165) is 0 Å². The predicted octanol–water partition coefficient (Wildman–Crippen LogP) is 1.17. The molecule has 0 fully saturated rings. The minimum atomic E-state index is -0.498. The van der Waals surface area contributed by atoms with Gasteiger partial charge in [-0.1, -0.05) is 13.8 Å². The van der Waals surface area contributed by atoms with Crippen LogP contribution in [0.5, 0.6) is 0 Å². The number of nitro groups is 1. The first-order chi connectivity index (χ1) is 7.54. The van der Waals surface area contributed by atoms with Gasteiger partial charge in [0.25, 0.3) is 0 Å². The molecule has 88 valence electrons. The number of aromatic nitrogens is 2. The molecule has 1 heterocycles. The standard InChI is InChI=1S/C10H16N4O2/c1-7(2)9(11-3)4-10-12-5-8(6-13-10)14(15)16/h5-7,9,11H,4H2,1-3H3. The number of hydrogen-bond acceptors (Lipinski definition) is 5. The van der Waals surface area contributed by atoms with E-state index in [1.165, 1.54) is 12.4 Å². The summed E-state index contributed by atoms with van der Waals surface area (Å²) >= 11 is 0. The first kappa shape index (κ1) is 12.5. The minimum absolute atomic E-state index is 0.0747. The maximum absolute atomic E-state index is 10.4. The van der Waals surface area contributed by atoms with Crippen LogP contribution in [-0.4, -0.2) is 28.0 Å². The SMILES string of the molecule is CNC(Cc1ncc([N+](=O)[O-])cn1)C(C)C. The predicted molar refractivity (Wildman–Crippen MR) is 60.1 cm³/mol. The zero-order valence-corrected chi connectivity index (χ0v) is 9.67. The van der Waals surface area contributed by atoms with Crippen molar-refractivity contribution in [3.05, 3.63) is 28.3 Å². The Morgan fingerprint density at radius 2 is 2.00 bits per heavy atom. The third kappa shape index (κ3) is 3.23. The highest BCUT2D eigenvalue weighted by Gasteiger charge is 2.14. The second-order valence-corrected chi connectivity index (χ2v) is 3.96. The highest BCUT2D eigenvalue weighted by Crippen LogP contribution is 2.09. The molecule has 0 saturated heterocycles. The normalized spacial score (nSPS) is 12.8. The molecule has 0 amide bonds. The summed E-state index contributed by atoms with van der Waals surface area (Å²) in [4.78, 5) is 17.9. The zero-order chi connectivity index (χ0) is 12.1. The smallest absolute Gasteiger partial charge is 0.305 e. The fraction of sp³-hybridized carbons (Fsp3) is 0.600. The summed E-state index contributed by atoms with van der Waals surface area (Å²) in [6, 6.07) is 0.279. The van der Waals surface area contributed by atoms with E-state index in [4.69, 9.17) is 0 Å². The average molecular weight is 224 g/mol. The third-order valence-electron chi connectivity index (χ3n) is 2.48. The molecular weight excluding hydrogens is 208 g/mol. The van der Waals surface area contributed by atoms with Crippen LogP contribution in [0.2, 0.25) is 0 Å². The molecule has 6 nitrogen and oxygen atoms in total. The Bertz CT molecular complexity index is 350. The first-order valence-corrected chi connectivity index (χ1v) is 5.17. The van der Waals surface area contributed by atoms with Gasteiger partial charge in [-0.05, 0) is 13.0 Å². The number of likely N-dealkylation sites (N-methyl/N-ethyl adjacent to an activating group) is 1. The van der Waals surface area contributed by atoms with Crippen molar-refractivity contribution in [2.75, 3.05) is 7.05 Å². The summed E-state index contributed by atoms with van der Waals surface area (Å²) in [5, 5.41) is 13.6. The van der Waals surface area contributed by atoms with Gasteiger partial charge in [-0.15, -0.1) is 0 Å². The Morgan fingerprint density at radius 1 is 1.44 bits per heavy atom. The molecule has 1 atom stereocenters. The van der Waals surface area contributed by atoms with Crippen LogP contribution in [0, 0.1) is 16.0 Å². The summed E-state index contributed by atoms with van der Waals surface area (Å²) in [5.74, 6) is 1.09.